The normalized spacial score (nSPS) is 17.7. The van der Waals surface area contributed by atoms with E-state index in [1.54, 1.807) is 0 Å². The van der Waals surface area contributed by atoms with E-state index in [0.717, 1.165) is 15.0 Å². The van der Waals surface area contributed by atoms with Crippen LogP contribution < -0.4 is 21.2 Å². The van der Waals surface area contributed by atoms with Crippen LogP contribution >= 0.6 is 34.9 Å². The number of hydrogen-bond acceptors (Lipinski definition) is 0. The molecule has 0 radical (unpaired) electrons. The third-order valence-corrected chi connectivity index (χ3v) is 12.9. The Bertz CT molecular complexity index is 1280. The molecule has 0 spiro atoms. The van der Waals surface area contributed by atoms with E-state index in [2.05, 4.69) is 158 Å². The van der Waals surface area contributed by atoms with Gasteiger partial charge in [-0.05, 0) is 0 Å². The van der Waals surface area contributed by atoms with Gasteiger partial charge < -0.3 is 0 Å². The molecule has 206 valence electrons. The summed E-state index contributed by atoms with van der Waals surface area (Å²) < 4.78 is 0. The molecule has 0 fully saturated rings. The molecule has 6 rings (SSSR count). The predicted octanol–water partition coefficient (Wildman–Crippen LogP) is 9.20. The molecule has 2 aliphatic rings. The zero-order chi connectivity index (χ0) is 27.6. The predicted molar refractivity (Wildman–Crippen MR) is 172 cm³/mol. The van der Waals surface area contributed by atoms with Crippen molar-refractivity contribution >= 4 is 56.1 Å². The minimum atomic E-state index is -0.532. The van der Waals surface area contributed by atoms with Crippen molar-refractivity contribution in [2.24, 2.45) is 0 Å². The van der Waals surface area contributed by atoms with Gasteiger partial charge in [0.1, 0.15) is 0 Å². The Hall–Kier alpha value is -1.54. The second-order valence-electron chi connectivity index (χ2n) is 8.93. The molecular formula is C34H28Cl2FeP2Pd. The van der Waals surface area contributed by atoms with Gasteiger partial charge in [-0.15, -0.1) is 0 Å². The third-order valence-electron chi connectivity index (χ3n) is 6.39. The molecule has 2 unspecified atom stereocenters. The molecule has 6 heteroatoms. The maximum atomic E-state index is 4.81. The van der Waals surface area contributed by atoms with E-state index < -0.39 is 15.8 Å². The topological polar surface area (TPSA) is 0 Å². The summed E-state index contributed by atoms with van der Waals surface area (Å²) in [5, 5.41) is 8.61. The molecule has 40 heavy (non-hydrogen) atoms. The molecule has 0 N–H and O–H groups in total. The van der Waals surface area contributed by atoms with Crippen molar-refractivity contribution in [3.05, 3.63) is 168 Å². The third kappa shape index (κ3) is 7.84. The first-order valence-electron chi connectivity index (χ1n) is 12.8. The van der Waals surface area contributed by atoms with Crippen LogP contribution in [0.5, 0.6) is 0 Å². The maximum absolute atomic E-state index is 4.81. The van der Waals surface area contributed by atoms with Gasteiger partial charge in [0.25, 0.3) is 0 Å². The number of rotatable bonds is 8. The molecule has 0 saturated heterocycles. The van der Waals surface area contributed by atoms with Crippen LogP contribution in [0.2, 0.25) is 9.63 Å². The van der Waals surface area contributed by atoms with Crippen LogP contribution in [0.25, 0.3) is 0 Å². The monoisotopic (exact) mass is 730 g/mol. The summed E-state index contributed by atoms with van der Waals surface area (Å²) >= 11 is 1.02. The summed E-state index contributed by atoms with van der Waals surface area (Å²) in [5.74, 6) is 0. The second-order valence-corrected chi connectivity index (χ2v) is 17.6. The molecular weight excluding hydrogens is 703 g/mol. The van der Waals surface area contributed by atoms with E-state index in [4.69, 9.17) is 19.1 Å². The summed E-state index contributed by atoms with van der Waals surface area (Å²) in [5.41, 5.74) is 0. The van der Waals surface area contributed by atoms with Crippen molar-refractivity contribution in [2.45, 2.75) is 9.63 Å². The van der Waals surface area contributed by atoms with Crippen LogP contribution in [0.3, 0.4) is 0 Å². The van der Waals surface area contributed by atoms with Gasteiger partial charge in [0, 0.05) is 0 Å². The van der Waals surface area contributed by atoms with Crippen LogP contribution in [0.4, 0.5) is 0 Å². The van der Waals surface area contributed by atoms with Crippen molar-refractivity contribution in [2.75, 3.05) is 0 Å². The average Bonchev–Trinajstić information content (AvgIpc) is 3.66. The van der Waals surface area contributed by atoms with E-state index in [0.29, 0.717) is 9.63 Å². The molecule has 0 aromatic heterocycles. The summed E-state index contributed by atoms with van der Waals surface area (Å²) in [6, 6.07) is 44.0. The molecule has 0 nitrogen and oxygen atoms in total. The number of allylic oxidation sites excluding steroid dienone is 8. The fourth-order valence-corrected chi connectivity index (χ4v) is 11.3. The molecule has 0 saturated carbocycles. The van der Waals surface area contributed by atoms with E-state index in [9.17, 15) is 0 Å². The van der Waals surface area contributed by atoms with Crippen molar-refractivity contribution in [1.82, 2.24) is 0 Å². The second kappa shape index (κ2) is 15.6. The minimum absolute atomic E-state index is 0.106. The molecule has 0 bridgehead atoms. The van der Waals surface area contributed by atoms with Gasteiger partial charge in [-0.25, -0.2) is 0 Å². The van der Waals surface area contributed by atoms with Gasteiger partial charge in [0.05, 0.1) is 0 Å². The van der Waals surface area contributed by atoms with Gasteiger partial charge in [0.2, 0.25) is 0 Å². The Morgan fingerprint density at radius 2 is 0.750 bits per heavy atom. The summed E-state index contributed by atoms with van der Waals surface area (Å²) in [7, 11) is 8.56. The fraction of sp³-hybridized carbons (Fsp3) is 0.0588. The average molecular weight is 732 g/mol. The zero-order valence-electron chi connectivity index (χ0n) is 21.5. The van der Waals surface area contributed by atoms with E-state index in [1.807, 2.05) is 0 Å². The van der Waals surface area contributed by atoms with E-state index in [-0.39, 0.29) is 15.9 Å². The van der Waals surface area contributed by atoms with E-state index >= 15 is 0 Å². The summed E-state index contributed by atoms with van der Waals surface area (Å²) in [6.07, 6.45) is 14.7. The van der Waals surface area contributed by atoms with Gasteiger partial charge >= 0.3 is 265 Å². The molecule has 2 aliphatic carbocycles. The molecule has 0 heterocycles. The Balaban J connectivity index is 0.00000103. The van der Waals surface area contributed by atoms with Gasteiger partial charge in [-0.3, -0.25) is 0 Å². The first kappa shape index (κ1) is 29.9. The van der Waals surface area contributed by atoms with Crippen molar-refractivity contribution in [3.8, 4) is 0 Å². The SMILES string of the molecule is C1=C[CH]([Fe][CH]2C=CC(P(c3ccccc3)c3ccccc3)=C2)C=C1P(c1ccccc1)c1ccccc1.[Cl][Pd][Cl]. The Morgan fingerprint density at radius 1 is 0.475 bits per heavy atom. The van der Waals surface area contributed by atoms with Gasteiger partial charge in [0.15, 0.2) is 0 Å². The fourth-order valence-electron chi connectivity index (χ4n) is 4.72. The Kier molecular flexibility index (Phi) is 11.7. The Morgan fingerprint density at radius 3 is 1.02 bits per heavy atom. The molecule has 4 aromatic rings. The van der Waals surface area contributed by atoms with Gasteiger partial charge in [-0.2, -0.15) is 0 Å². The van der Waals surface area contributed by atoms with Crippen LogP contribution in [-0.4, -0.2) is 0 Å². The number of halogens is 2. The number of benzene rings is 4. The first-order valence-corrected chi connectivity index (χ1v) is 20.7. The zero-order valence-corrected chi connectivity index (χ0v) is 27.4. The van der Waals surface area contributed by atoms with Gasteiger partial charge in [-0.1, -0.05) is 0 Å². The van der Waals surface area contributed by atoms with Crippen molar-refractivity contribution in [1.29, 1.82) is 0 Å². The summed E-state index contributed by atoms with van der Waals surface area (Å²) in [4.78, 5) is 0.940. The Labute approximate surface area is 263 Å². The summed E-state index contributed by atoms with van der Waals surface area (Å²) in [6.45, 7) is 0. The van der Waals surface area contributed by atoms with Crippen LogP contribution in [0, 0.1) is 0 Å². The van der Waals surface area contributed by atoms with Crippen LogP contribution in [0.15, 0.2) is 168 Å². The van der Waals surface area contributed by atoms with Crippen molar-refractivity contribution in [3.63, 3.8) is 0 Å². The molecule has 2 atom stereocenters. The molecule has 0 aliphatic heterocycles. The van der Waals surface area contributed by atoms with Crippen molar-refractivity contribution < 1.29 is 30.9 Å². The quantitative estimate of drug-likeness (QED) is 0.125. The first-order chi connectivity index (χ1) is 19.8. The molecule has 4 aromatic carbocycles. The molecule has 0 amide bonds. The standard InChI is InChI=1S/2C17H14P.2ClH.Fe.Pd/c2*1-3-9-15(10-4-1)18(17-13-7-8-14-17)16-11-5-2-6-12-16;;;;/h2*1-14H;2*1H;;/q;;;;;+2/p-2. The van der Waals surface area contributed by atoms with Crippen LogP contribution in [-0.2, 0) is 30.9 Å². The number of hydrogen-bond donors (Lipinski definition) is 0. The van der Waals surface area contributed by atoms with Crippen LogP contribution in [0.1, 0.15) is 0 Å². The van der Waals surface area contributed by atoms with E-state index in [1.165, 1.54) is 31.8 Å².